The van der Waals surface area contributed by atoms with E-state index >= 15 is 0 Å². The van der Waals surface area contributed by atoms with Gasteiger partial charge in [0.25, 0.3) is 0 Å². The van der Waals surface area contributed by atoms with E-state index < -0.39 is 0 Å². The second-order valence-corrected chi connectivity index (χ2v) is 7.99. The van der Waals surface area contributed by atoms with Crippen LogP contribution in [0.2, 0.25) is 0 Å². The Labute approximate surface area is 137 Å². The predicted molar refractivity (Wildman–Crippen MR) is 96.5 cm³/mol. The number of aryl methyl sites for hydroxylation is 4. The van der Waals surface area contributed by atoms with Crippen LogP contribution in [0.5, 0.6) is 0 Å². The number of hydrogen-bond donors (Lipinski definition) is 1. The van der Waals surface area contributed by atoms with E-state index in [0.717, 1.165) is 21.7 Å². The molecule has 4 nitrogen and oxygen atoms in total. The number of aromatic nitrogens is 2. The summed E-state index contributed by atoms with van der Waals surface area (Å²) in [5.74, 6) is 0.774. The van der Waals surface area contributed by atoms with Crippen LogP contribution in [-0.4, -0.2) is 15.7 Å². The summed E-state index contributed by atoms with van der Waals surface area (Å²) in [7, 11) is 0. The minimum atomic E-state index is 0.774. The lowest BCUT2D eigenvalue weighted by molar-refractivity contribution is 1.18. The van der Waals surface area contributed by atoms with Gasteiger partial charge in [0.05, 0.1) is 11.1 Å². The van der Waals surface area contributed by atoms with Gasteiger partial charge in [-0.2, -0.15) is 5.10 Å². The van der Waals surface area contributed by atoms with E-state index in [9.17, 15) is 0 Å². The summed E-state index contributed by atoms with van der Waals surface area (Å²) in [4.78, 5) is 13.6. The maximum absolute atomic E-state index is 4.53. The Morgan fingerprint density at radius 2 is 1.86 bits per heavy atom. The van der Waals surface area contributed by atoms with Crippen LogP contribution in [-0.2, 0) is 0 Å². The summed E-state index contributed by atoms with van der Waals surface area (Å²) in [5.41, 5.74) is 6.51. The normalized spacial score (nSPS) is 12.1. The molecule has 0 amide bonds. The zero-order valence-electron chi connectivity index (χ0n) is 13.3. The van der Waals surface area contributed by atoms with Crippen LogP contribution in [0.15, 0.2) is 17.5 Å². The van der Waals surface area contributed by atoms with E-state index in [4.69, 9.17) is 0 Å². The van der Waals surface area contributed by atoms with Crippen LogP contribution in [0.25, 0.3) is 10.2 Å². The van der Waals surface area contributed by atoms with Crippen molar-refractivity contribution in [3.8, 4) is 0 Å². The number of anilines is 1. The second kappa shape index (κ2) is 5.78. The van der Waals surface area contributed by atoms with Gasteiger partial charge in [0.1, 0.15) is 11.2 Å². The molecular weight excluding hydrogens is 312 g/mol. The summed E-state index contributed by atoms with van der Waals surface area (Å²) >= 11 is 3.49. The molecule has 0 aliphatic carbocycles. The molecule has 0 saturated carbocycles. The van der Waals surface area contributed by atoms with Gasteiger partial charge in [-0.1, -0.05) is 0 Å². The zero-order valence-corrected chi connectivity index (χ0v) is 14.9. The molecule has 0 spiro atoms. The third kappa shape index (κ3) is 2.64. The number of nitrogens with one attached hydrogen (secondary N) is 1. The number of nitrogens with zero attached hydrogens (tertiary/aromatic N) is 3. The molecule has 1 N–H and O–H groups in total. The number of hydrazone groups is 1. The van der Waals surface area contributed by atoms with Crippen LogP contribution < -0.4 is 5.43 Å². The Balaban J connectivity index is 1.97. The highest BCUT2D eigenvalue weighted by molar-refractivity contribution is 7.18. The third-order valence-corrected chi connectivity index (χ3v) is 5.81. The Hall–Kier alpha value is -1.79. The monoisotopic (exact) mass is 330 g/mol. The molecule has 6 heteroatoms. The molecule has 114 valence electrons. The molecule has 0 bridgehead atoms. The van der Waals surface area contributed by atoms with Gasteiger partial charge >= 0.3 is 0 Å². The Kier molecular flexibility index (Phi) is 3.97. The Bertz CT molecular complexity index is 874. The van der Waals surface area contributed by atoms with Crippen molar-refractivity contribution in [3.05, 3.63) is 38.2 Å². The van der Waals surface area contributed by atoms with Gasteiger partial charge in [-0.05, 0) is 46.2 Å². The van der Waals surface area contributed by atoms with Crippen molar-refractivity contribution in [2.45, 2.75) is 34.6 Å². The summed E-state index contributed by atoms with van der Waals surface area (Å²) < 4.78 is 0. The van der Waals surface area contributed by atoms with Crippen molar-refractivity contribution >= 4 is 44.4 Å². The molecule has 3 aromatic rings. The first-order chi connectivity index (χ1) is 10.5. The van der Waals surface area contributed by atoms with Gasteiger partial charge in [0.15, 0.2) is 5.82 Å². The van der Waals surface area contributed by atoms with Crippen LogP contribution in [0.1, 0.15) is 32.7 Å². The minimum absolute atomic E-state index is 0.774. The van der Waals surface area contributed by atoms with Gasteiger partial charge in [0, 0.05) is 20.2 Å². The molecule has 3 heterocycles. The minimum Gasteiger partial charge on any atom is -0.260 e. The van der Waals surface area contributed by atoms with Gasteiger partial charge in [-0.3, -0.25) is 5.43 Å². The lowest BCUT2D eigenvalue weighted by Gasteiger charge is -2.04. The standard InChI is InChI=1S/C16H18N4S2/c1-8-6-13(12(5)21-8)10(3)19-20-15-14-9(2)11(4)22-16(14)18-7-17-15/h6-7H,1-5H3,(H,17,18,20)/b19-10-. The fourth-order valence-corrected chi connectivity index (χ4v) is 4.43. The second-order valence-electron chi connectivity index (χ2n) is 5.32. The molecule has 0 aliphatic rings. The molecule has 0 aromatic carbocycles. The molecule has 0 radical (unpaired) electrons. The van der Waals surface area contributed by atoms with Crippen molar-refractivity contribution in [2.75, 3.05) is 5.43 Å². The number of thiophene rings is 2. The van der Waals surface area contributed by atoms with Crippen molar-refractivity contribution < 1.29 is 0 Å². The van der Waals surface area contributed by atoms with Crippen LogP contribution in [0.4, 0.5) is 5.82 Å². The SMILES string of the molecule is C/C(=N/Nc1ncnc2sc(C)c(C)c12)c1cc(C)sc1C. The van der Waals surface area contributed by atoms with E-state index in [1.54, 1.807) is 29.0 Å². The van der Waals surface area contributed by atoms with E-state index in [0.29, 0.717) is 0 Å². The highest BCUT2D eigenvalue weighted by Crippen LogP contribution is 2.32. The fourth-order valence-electron chi connectivity index (χ4n) is 2.45. The quantitative estimate of drug-likeness (QED) is 0.553. The molecule has 0 atom stereocenters. The smallest absolute Gasteiger partial charge is 0.158 e. The summed E-state index contributed by atoms with van der Waals surface area (Å²) in [6.07, 6.45) is 1.59. The van der Waals surface area contributed by atoms with E-state index in [1.807, 2.05) is 6.92 Å². The first kappa shape index (κ1) is 15.1. The average molecular weight is 330 g/mol. The van der Waals surface area contributed by atoms with Crippen molar-refractivity contribution in [2.24, 2.45) is 5.10 Å². The van der Waals surface area contributed by atoms with Crippen molar-refractivity contribution in [1.82, 2.24) is 9.97 Å². The maximum Gasteiger partial charge on any atom is 0.158 e. The largest absolute Gasteiger partial charge is 0.260 e. The molecule has 22 heavy (non-hydrogen) atoms. The topological polar surface area (TPSA) is 50.2 Å². The maximum atomic E-state index is 4.53. The van der Waals surface area contributed by atoms with Crippen molar-refractivity contribution in [1.29, 1.82) is 0 Å². The summed E-state index contributed by atoms with van der Waals surface area (Å²) in [6.45, 7) is 10.5. The lowest BCUT2D eigenvalue weighted by atomic mass is 10.2. The van der Waals surface area contributed by atoms with Crippen LogP contribution in [0, 0.1) is 27.7 Å². The predicted octanol–water partition coefficient (Wildman–Crippen LogP) is 4.82. The molecule has 0 aliphatic heterocycles. The Morgan fingerprint density at radius 3 is 2.55 bits per heavy atom. The molecular formula is C16H18N4S2. The van der Waals surface area contributed by atoms with E-state index in [1.165, 1.54) is 25.8 Å². The summed E-state index contributed by atoms with van der Waals surface area (Å²) in [6, 6.07) is 2.18. The average Bonchev–Trinajstić information content (AvgIpc) is 2.96. The third-order valence-electron chi connectivity index (χ3n) is 3.73. The number of rotatable bonds is 3. The highest BCUT2D eigenvalue weighted by Gasteiger charge is 2.12. The van der Waals surface area contributed by atoms with Gasteiger partial charge in [0.2, 0.25) is 0 Å². The number of fused-ring (bicyclic) bond motifs is 1. The van der Waals surface area contributed by atoms with Crippen LogP contribution in [0.3, 0.4) is 0 Å². The molecule has 0 saturated heterocycles. The molecule has 0 unspecified atom stereocenters. The van der Waals surface area contributed by atoms with Gasteiger partial charge < -0.3 is 0 Å². The molecule has 0 fully saturated rings. The van der Waals surface area contributed by atoms with Gasteiger partial charge in [-0.25, -0.2) is 9.97 Å². The summed E-state index contributed by atoms with van der Waals surface area (Å²) in [5, 5.41) is 5.60. The first-order valence-corrected chi connectivity index (χ1v) is 8.69. The van der Waals surface area contributed by atoms with Crippen LogP contribution >= 0.6 is 22.7 Å². The lowest BCUT2D eigenvalue weighted by Crippen LogP contribution is -2.01. The Morgan fingerprint density at radius 1 is 1.09 bits per heavy atom. The molecule has 3 rings (SSSR count). The van der Waals surface area contributed by atoms with E-state index in [2.05, 4.69) is 54.3 Å². The first-order valence-electron chi connectivity index (χ1n) is 7.05. The highest BCUT2D eigenvalue weighted by atomic mass is 32.1. The van der Waals surface area contributed by atoms with Crippen molar-refractivity contribution in [3.63, 3.8) is 0 Å². The zero-order chi connectivity index (χ0) is 15.9. The molecule has 3 aromatic heterocycles. The van der Waals surface area contributed by atoms with E-state index in [-0.39, 0.29) is 0 Å². The number of hydrogen-bond acceptors (Lipinski definition) is 6. The fraction of sp³-hybridized carbons (Fsp3) is 0.312. The van der Waals surface area contributed by atoms with Gasteiger partial charge in [-0.15, -0.1) is 22.7 Å².